The highest BCUT2D eigenvalue weighted by Gasteiger charge is 2.16. The molecule has 0 heterocycles. The molecule has 0 aromatic carbocycles. The number of nitrogens with one attached hydrogen (secondary N) is 1. The molecule has 0 fully saturated rings. The molecule has 1 aliphatic carbocycles. The van der Waals surface area contributed by atoms with E-state index in [9.17, 15) is 9.59 Å². The number of carboxylic acids is 1. The third-order valence-electron chi connectivity index (χ3n) is 3.43. The molecule has 0 bridgehead atoms. The van der Waals surface area contributed by atoms with Gasteiger partial charge < -0.3 is 15.2 Å². The van der Waals surface area contributed by atoms with Crippen LogP contribution in [-0.2, 0) is 14.3 Å². The summed E-state index contributed by atoms with van der Waals surface area (Å²) in [5.74, 6) is -0.147. The summed E-state index contributed by atoms with van der Waals surface area (Å²) in [6, 6.07) is 0. The molecule has 5 heteroatoms. The minimum atomic E-state index is -0.731. The monoisotopic (exact) mass is 295 g/mol. The fraction of sp³-hybridized carbons (Fsp3) is 0.625. The van der Waals surface area contributed by atoms with E-state index in [0.29, 0.717) is 17.9 Å². The predicted molar refractivity (Wildman–Crippen MR) is 80.8 cm³/mol. The number of aliphatic carboxylic acids is 1. The molecular weight excluding hydrogens is 270 g/mol. The molecule has 0 aliphatic heterocycles. The largest absolute Gasteiger partial charge is 0.496 e. The molecule has 0 unspecified atom stereocenters. The number of ether oxygens (including phenoxy) is 1. The first-order chi connectivity index (χ1) is 10.1. The van der Waals surface area contributed by atoms with Gasteiger partial charge in [0.2, 0.25) is 0 Å². The molecule has 2 N–H and O–H groups in total. The molecule has 1 aliphatic rings. The van der Waals surface area contributed by atoms with E-state index in [2.05, 4.69) is 5.32 Å². The van der Waals surface area contributed by atoms with E-state index in [4.69, 9.17) is 9.84 Å². The normalized spacial score (nSPS) is 14.1. The molecule has 0 aromatic rings. The third-order valence-corrected chi connectivity index (χ3v) is 3.43. The first-order valence-electron chi connectivity index (χ1n) is 7.60. The van der Waals surface area contributed by atoms with Crippen LogP contribution in [0.15, 0.2) is 23.5 Å². The molecule has 0 atom stereocenters. The second kappa shape index (κ2) is 10.0. The van der Waals surface area contributed by atoms with E-state index < -0.39 is 5.97 Å². The van der Waals surface area contributed by atoms with Gasteiger partial charge in [-0.25, -0.2) is 0 Å². The van der Waals surface area contributed by atoms with Crippen molar-refractivity contribution in [1.29, 1.82) is 0 Å². The maximum Gasteiger partial charge on any atom is 0.303 e. The van der Waals surface area contributed by atoms with Crippen molar-refractivity contribution >= 4 is 11.9 Å². The molecular formula is C16H25NO4. The SMILES string of the molecule is COC1=CCCC=C1C(=O)NCCCCCCCC(=O)O. The van der Waals surface area contributed by atoms with Crippen molar-refractivity contribution < 1.29 is 19.4 Å². The van der Waals surface area contributed by atoms with Crippen LogP contribution in [0.3, 0.4) is 0 Å². The van der Waals surface area contributed by atoms with Crippen LogP contribution in [0.4, 0.5) is 0 Å². The Hall–Kier alpha value is -1.78. The Morgan fingerprint density at radius 1 is 1.14 bits per heavy atom. The Balaban J connectivity index is 2.10. The average Bonchev–Trinajstić information content (AvgIpc) is 2.49. The maximum atomic E-state index is 12.0. The Morgan fingerprint density at radius 3 is 2.52 bits per heavy atom. The van der Waals surface area contributed by atoms with Crippen molar-refractivity contribution in [3.8, 4) is 0 Å². The number of amides is 1. The van der Waals surface area contributed by atoms with E-state index in [1.165, 1.54) is 0 Å². The summed E-state index contributed by atoms with van der Waals surface area (Å²) in [5, 5.41) is 11.4. The van der Waals surface area contributed by atoms with Crippen LogP contribution >= 0.6 is 0 Å². The standard InChI is InChI=1S/C16H25NO4/c1-21-14-10-7-6-9-13(14)16(20)17-12-8-4-2-3-5-11-15(18)19/h9-10H,2-8,11-12H2,1H3,(H,17,20)(H,18,19). The zero-order chi connectivity index (χ0) is 15.5. The number of carboxylic acid groups (broad SMARTS) is 1. The Kier molecular flexibility index (Phi) is 8.24. The van der Waals surface area contributed by atoms with Crippen LogP contribution in [0.5, 0.6) is 0 Å². The summed E-state index contributed by atoms with van der Waals surface area (Å²) in [5.41, 5.74) is 0.630. The van der Waals surface area contributed by atoms with Gasteiger partial charge in [-0.05, 0) is 31.8 Å². The van der Waals surface area contributed by atoms with Gasteiger partial charge in [0.25, 0.3) is 5.91 Å². The topological polar surface area (TPSA) is 75.6 Å². The molecule has 0 aromatic heterocycles. The lowest BCUT2D eigenvalue weighted by Gasteiger charge is -2.14. The van der Waals surface area contributed by atoms with E-state index in [1.54, 1.807) is 7.11 Å². The van der Waals surface area contributed by atoms with Crippen molar-refractivity contribution in [2.75, 3.05) is 13.7 Å². The Morgan fingerprint density at radius 2 is 1.81 bits per heavy atom. The predicted octanol–water partition coefficient (Wildman–Crippen LogP) is 2.78. The molecule has 0 radical (unpaired) electrons. The van der Waals surface area contributed by atoms with Gasteiger partial charge in [0.05, 0.1) is 12.7 Å². The lowest BCUT2D eigenvalue weighted by molar-refractivity contribution is -0.137. The van der Waals surface area contributed by atoms with E-state index in [-0.39, 0.29) is 12.3 Å². The van der Waals surface area contributed by atoms with Gasteiger partial charge in [0, 0.05) is 13.0 Å². The highest BCUT2D eigenvalue weighted by Crippen LogP contribution is 2.19. The first-order valence-corrected chi connectivity index (χ1v) is 7.60. The summed E-state index contributed by atoms with van der Waals surface area (Å²) >= 11 is 0. The van der Waals surface area contributed by atoms with Gasteiger partial charge in [-0.1, -0.05) is 25.3 Å². The quantitative estimate of drug-likeness (QED) is 0.608. The van der Waals surface area contributed by atoms with Crippen molar-refractivity contribution in [2.45, 2.75) is 51.4 Å². The highest BCUT2D eigenvalue weighted by atomic mass is 16.5. The molecule has 21 heavy (non-hydrogen) atoms. The van der Waals surface area contributed by atoms with Crippen LogP contribution in [0.25, 0.3) is 0 Å². The summed E-state index contributed by atoms with van der Waals surface area (Å²) in [7, 11) is 1.58. The minimum absolute atomic E-state index is 0.0753. The van der Waals surface area contributed by atoms with E-state index in [1.807, 2.05) is 12.2 Å². The smallest absolute Gasteiger partial charge is 0.303 e. The summed E-state index contributed by atoms with van der Waals surface area (Å²) in [6.45, 7) is 0.645. The number of rotatable bonds is 10. The van der Waals surface area contributed by atoms with Crippen LogP contribution in [-0.4, -0.2) is 30.6 Å². The Labute approximate surface area is 126 Å². The number of unbranched alkanes of at least 4 members (excludes halogenated alkanes) is 4. The number of carbonyl (C=O) groups is 2. The number of carbonyl (C=O) groups excluding carboxylic acids is 1. The summed E-state index contributed by atoms with van der Waals surface area (Å²) < 4.78 is 5.20. The van der Waals surface area contributed by atoms with Crippen molar-refractivity contribution in [1.82, 2.24) is 5.32 Å². The number of methoxy groups -OCH3 is 1. The van der Waals surface area contributed by atoms with Crippen molar-refractivity contribution in [2.24, 2.45) is 0 Å². The fourth-order valence-corrected chi connectivity index (χ4v) is 2.28. The molecule has 5 nitrogen and oxygen atoms in total. The number of hydrogen-bond donors (Lipinski definition) is 2. The lowest BCUT2D eigenvalue weighted by atomic mass is 10.0. The van der Waals surface area contributed by atoms with Crippen LogP contribution < -0.4 is 5.32 Å². The zero-order valence-corrected chi connectivity index (χ0v) is 12.7. The number of hydrogen-bond acceptors (Lipinski definition) is 3. The molecule has 1 amide bonds. The van der Waals surface area contributed by atoms with E-state index in [0.717, 1.165) is 44.9 Å². The van der Waals surface area contributed by atoms with E-state index >= 15 is 0 Å². The minimum Gasteiger partial charge on any atom is -0.496 e. The van der Waals surface area contributed by atoms with Crippen LogP contribution in [0.2, 0.25) is 0 Å². The average molecular weight is 295 g/mol. The molecule has 1 rings (SSSR count). The fourth-order valence-electron chi connectivity index (χ4n) is 2.28. The van der Waals surface area contributed by atoms with Gasteiger partial charge in [0.1, 0.15) is 5.76 Å². The molecule has 0 saturated heterocycles. The van der Waals surface area contributed by atoms with Crippen LogP contribution in [0, 0.1) is 0 Å². The first kappa shape index (κ1) is 17.3. The lowest BCUT2D eigenvalue weighted by Crippen LogP contribution is -2.27. The second-order valence-electron chi connectivity index (χ2n) is 5.14. The molecule has 118 valence electrons. The maximum absolute atomic E-state index is 12.0. The van der Waals surface area contributed by atoms with Gasteiger partial charge in [-0.15, -0.1) is 0 Å². The van der Waals surface area contributed by atoms with Crippen molar-refractivity contribution in [3.63, 3.8) is 0 Å². The Bertz CT molecular complexity index is 413. The highest BCUT2D eigenvalue weighted by molar-refractivity contribution is 5.97. The molecule has 0 saturated carbocycles. The van der Waals surface area contributed by atoms with Gasteiger partial charge in [-0.3, -0.25) is 9.59 Å². The summed E-state index contributed by atoms with van der Waals surface area (Å²) in [4.78, 5) is 22.4. The third kappa shape index (κ3) is 6.97. The number of allylic oxidation sites excluding steroid dienone is 2. The summed E-state index contributed by atoms with van der Waals surface area (Å²) in [6.07, 6.45) is 10.5. The van der Waals surface area contributed by atoms with Gasteiger partial charge >= 0.3 is 5.97 Å². The van der Waals surface area contributed by atoms with Gasteiger partial charge in [0.15, 0.2) is 0 Å². The van der Waals surface area contributed by atoms with Crippen LogP contribution in [0.1, 0.15) is 51.4 Å². The zero-order valence-electron chi connectivity index (χ0n) is 12.7. The molecule has 0 spiro atoms. The second-order valence-corrected chi connectivity index (χ2v) is 5.14. The van der Waals surface area contributed by atoms with Gasteiger partial charge in [-0.2, -0.15) is 0 Å². The van der Waals surface area contributed by atoms with Crippen molar-refractivity contribution in [3.05, 3.63) is 23.5 Å².